The number of aromatic nitrogens is 2. The van der Waals surface area contributed by atoms with Crippen LogP contribution >= 0.6 is 23.2 Å². The van der Waals surface area contributed by atoms with E-state index in [-0.39, 0.29) is 34.4 Å². The van der Waals surface area contributed by atoms with Crippen molar-refractivity contribution in [1.29, 1.82) is 0 Å². The number of amides is 1. The van der Waals surface area contributed by atoms with Gasteiger partial charge in [-0.25, -0.2) is 9.97 Å². The molecule has 1 aliphatic heterocycles. The molecule has 2 rings (SSSR count). The zero-order chi connectivity index (χ0) is 13.0. The molecule has 1 fully saturated rings. The number of nitrogens with one attached hydrogen (secondary N) is 2. The Morgan fingerprint density at radius 2 is 2.39 bits per heavy atom. The third kappa shape index (κ3) is 3.52. The molecule has 0 radical (unpaired) electrons. The van der Waals surface area contributed by atoms with Crippen molar-refractivity contribution in [2.24, 2.45) is 0 Å². The maximum absolute atomic E-state index is 11.8. The molecule has 2 N–H and O–H groups in total. The highest BCUT2D eigenvalue weighted by molar-refractivity contribution is 6.42. The smallest absolute Gasteiger partial charge is 0.227 e. The summed E-state index contributed by atoms with van der Waals surface area (Å²) < 4.78 is 5.26. The van der Waals surface area contributed by atoms with Crippen LogP contribution in [0.3, 0.4) is 0 Å². The van der Waals surface area contributed by atoms with E-state index in [0.717, 1.165) is 6.54 Å². The highest BCUT2D eigenvalue weighted by Crippen LogP contribution is 2.25. The lowest BCUT2D eigenvalue weighted by atomic mass is 10.2. The van der Waals surface area contributed by atoms with Crippen LogP contribution in [0.1, 0.15) is 6.42 Å². The van der Waals surface area contributed by atoms with Crippen molar-refractivity contribution in [3.05, 3.63) is 16.5 Å². The average Bonchev–Trinajstić information content (AvgIpc) is 2.36. The first-order valence-electron chi connectivity index (χ1n) is 5.44. The third-order valence-electron chi connectivity index (χ3n) is 2.44. The maximum Gasteiger partial charge on any atom is 0.227 e. The lowest BCUT2D eigenvalue weighted by Gasteiger charge is -2.23. The molecule has 98 valence electrons. The van der Waals surface area contributed by atoms with E-state index < -0.39 is 0 Å². The summed E-state index contributed by atoms with van der Waals surface area (Å²) in [5.41, 5.74) is 0. The van der Waals surface area contributed by atoms with Gasteiger partial charge in [0.25, 0.3) is 0 Å². The first-order chi connectivity index (χ1) is 8.66. The standard InChI is InChI=1S/C10H12Cl2N4O2/c11-8-9(12)14-5-15-10(8)16-7(17)3-6-4-18-2-1-13-6/h5-6,13H,1-4H2,(H,14,15,16,17). The second-order valence-electron chi connectivity index (χ2n) is 3.81. The summed E-state index contributed by atoms with van der Waals surface area (Å²) in [6, 6.07) is 0.00911. The second kappa shape index (κ2) is 6.29. The Bertz CT molecular complexity index is 438. The molecule has 8 heteroatoms. The number of morpholine rings is 1. The van der Waals surface area contributed by atoms with E-state index in [0.29, 0.717) is 13.2 Å². The molecular formula is C10H12Cl2N4O2. The molecule has 0 aromatic carbocycles. The largest absolute Gasteiger partial charge is 0.378 e. The average molecular weight is 291 g/mol. The molecule has 0 spiro atoms. The van der Waals surface area contributed by atoms with Crippen molar-refractivity contribution in [2.45, 2.75) is 12.5 Å². The minimum Gasteiger partial charge on any atom is -0.378 e. The Labute approximate surface area is 114 Å². The molecule has 1 saturated heterocycles. The van der Waals surface area contributed by atoms with Crippen LogP contribution in [0, 0.1) is 0 Å². The predicted octanol–water partition coefficient (Wildman–Crippen LogP) is 1.10. The first-order valence-corrected chi connectivity index (χ1v) is 6.19. The van der Waals surface area contributed by atoms with Gasteiger partial charge in [-0.1, -0.05) is 23.2 Å². The molecule has 1 atom stereocenters. The van der Waals surface area contributed by atoms with Gasteiger partial charge >= 0.3 is 0 Å². The molecule has 1 amide bonds. The first kappa shape index (κ1) is 13.5. The molecule has 1 aliphatic rings. The van der Waals surface area contributed by atoms with Crippen LogP contribution in [0.5, 0.6) is 0 Å². The summed E-state index contributed by atoms with van der Waals surface area (Å²) in [5, 5.41) is 6.03. The number of carbonyl (C=O) groups excluding carboxylic acids is 1. The lowest BCUT2D eigenvalue weighted by molar-refractivity contribution is -0.117. The van der Waals surface area contributed by atoms with Gasteiger partial charge < -0.3 is 15.4 Å². The Kier molecular flexibility index (Phi) is 4.71. The van der Waals surface area contributed by atoms with Crippen molar-refractivity contribution in [1.82, 2.24) is 15.3 Å². The maximum atomic E-state index is 11.8. The molecule has 18 heavy (non-hydrogen) atoms. The fourth-order valence-corrected chi connectivity index (χ4v) is 1.87. The van der Waals surface area contributed by atoms with Crippen molar-refractivity contribution >= 4 is 34.9 Å². The normalized spacial score (nSPS) is 19.6. The zero-order valence-corrected chi connectivity index (χ0v) is 11.0. The van der Waals surface area contributed by atoms with Gasteiger partial charge in [-0.3, -0.25) is 4.79 Å². The van der Waals surface area contributed by atoms with E-state index >= 15 is 0 Å². The summed E-state index contributed by atoms with van der Waals surface area (Å²) in [5.74, 6) is 0.0214. The van der Waals surface area contributed by atoms with Crippen LogP contribution in [0.25, 0.3) is 0 Å². The number of carbonyl (C=O) groups is 1. The van der Waals surface area contributed by atoms with Crippen LogP contribution in [-0.2, 0) is 9.53 Å². The topological polar surface area (TPSA) is 76.1 Å². The van der Waals surface area contributed by atoms with Gasteiger partial charge in [-0.2, -0.15) is 0 Å². The van der Waals surface area contributed by atoms with Crippen molar-refractivity contribution in [2.75, 3.05) is 25.1 Å². The number of hydrogen-bond acceptors (Lipinski definition) is 5. The molecule has 1 aromatic rings. The van der Waals surface area contributed by atoms with Crippen LogP contribution in [0.2, 0.25) is 10.2 Å². The van der Waals surface area contributed by atoms with Gasteiger partial charge in [-0.15, -0.1) is 0 Å². The zero-order valence-electron chi connectivity index (χ0n) is 9.45. The van der Waals surface area contributed by atoms with E-state index in [1.807, 2.05) is 0 Å². The van der Waals surface area contributed by atoms with E-state index in [4.69, 9.17) is 27.9 Å². The Morgan fingerprint density at radius 3 is 3.11 bits per heavy atom. The van der Waals surface area contributed by atoms with E-state index in [9.17, 15) is 4.79 Å². The van der Waals surface area contributed by atoms with E-state index in [1.54, 1.807) is 0 Å². The SMILES string of the molecule is O=C(CC1COCCN1)Nc1ncnc(Cl)c1Cl. The van der Waals surface area contributed by atoms with Crippen molar-refractivity contribution in [3.63, 3.8) is 0 Å². The van der Waals surface area contributed by atoms with Gasteiger partial charge in [0.05, 0.1) is 13.2 Å². The van der Waals surface area contributed by atoms with E-state index in [2.05, 4.69) is 20.6 Å². The van der Waals surface area contributed by atoms with Crippen LogP contribution in [0.15, 0.2) is 6.33 Å². The van der Waals surface area contributed by atoms with Gasteiger partial charge in [0.1, 0.15) is 11.3 Å². The summed E-state index contributed by atoms with van der Waals surface area (Å²) in [7, 11) is 0. The summed E-state index contributed by atoms with van der Waals surface area (Å²) >= 11 is 11.6. The second-order valence-corrected chi connectivity index (χ2v) is 4.54. The number of ether oxygens (including phenoxy) is 1. The summed E-state index contributed by atoms with van der Waals surface area (Å²) in [4.78, 5) is 19.3. The van der Waals surface area contributed by atoms with Crippen molar-refractivity contribution in [3.8, 4) is 0 Å². The number of nitrogens with zero attached hydrogens (tertiary/aromatic N) is 2. The van der Waals surface area contributed by atoms with Gasteiger partial charge in [0.15, 0.2) is 11.0 Å². The minimum absolute atomic E-state index is 0.00911. The van der Waals surface area contributed by atoms with Gasteiger partial charge in [0, 0.05) is 19.0 Å². The van der Waals surface area contributed by atoms with Crippen molar-refractivity contribution < 1.29 is 9.53 Å². The molecule has 0 saturated carbocycles. The fraction of sp³-hybridized carbons (Fsp3) is 0.500. The van der Waals surface area contributed by atoms with Crippen LogP contribution < -0.4 is 10.6 Å². The van der Waals surface area contributed by atoms with Gasteiger partial charge in [0.2, 0.25) is 5.91 Å². The highest BCUT2D eigenvalue weighted by Gasteiger charge is 2.18. The number of rotatable bonds is 3. The van der Waals surface area contributed by atoms with Crippen LogP contribution in [-0.4, -0.2) is 41.7 Å². The monoisotopic (exact) mass is 290 g/mol. The molecule has 0 aliphatic carbocycles. The molecular weight excluding hydrogens is 279 g/mol. The molecule has 1 aromatic heterocycles. The highest BCUT2D eigenvalue weighted by atomic mass is 35.5. The number of halogens is 2. The quantitative estimate of drug-likeness (QED) is 0.816. The number of hydrogen-bond donors (Lipinski definition) is 2. The predicted molar refractivity (Wildman–Crippen MR) is 67.9 cm³/mol. The fourth-order valence-electron chi connectivity index (χ4n) is 1.59. The molecule has 1 unspecified atom stereocenters. The minimum atomic E-state index is -0.199. The third-order valence-corrected chi connectivity index (χ3v) is 3.18. The molecule has 2 heterocycles. The number of anilines is 1. The summed E-state index contributed by atoms with van der Waals surface area (Å²) in [6.45, 7) is 1.94. The Balaban J connectivity index is 1.92. The molecule has 0 bridgehead atoms. The van der Waals surface area contributed by atoms with E-state index in [1.165, 1.54) is 6.33 Å². The summed E-state index contributed by atoms with van der Waals surface area (Å²) in [6.07, 6.45) is 1.53. The Morgan fingerprint density at radius 1 is 1.56 bits per heavy atom. The van der Waals surface area contributed by atoms with Crippen LogP contribution in [0.4, 0.5) is 5.82 Å². The molecule has 6 nitrogen and oxygen atoms in total. The Hall–Kier alpha value is -0.950. The van der Waals surface area contributed by atoms with Gasteiger partial charge in [-0.05, 0) is 0 Å². The lowest BCUT2D eigenvalue weighted by Crippen LogP contribution is -2.43.